The number of amides is 1. The maximum atomic E-state index is 12.5. The van der Waals surface area contributed by atoms with E-state index in [1.54, 1.807) is 11.8 Å². The highest BCUT2D eigenvalue weighted by Crippen LogP contribution is 2.37. The number of nitrogens with one attached hydrogen (secondary N) is 1. The number of carboxylic acids is 1. The number of carbonyl (C=O) groups is 2. The van der Waals surface area contributed by atoms with Crippen molar-refractivity contribution in [2.75, 3.05) is 32.8 Å². The Morgan fingerprint density at radius 1 is 1.03 bits per heavy atom. The number of aromatic nitrogens is 1. The van der Waals surface area contributed by atoms with E-state index in [-0.39, 0.29) is 6.09 Å². The Morgan fingerprint density at radius 2 is 1.70 bits per heavy atom. The zero-order valence-electron chi connectivity index (χ0n) is 16.9. The normalized spacial score (nSPS) is 15.8. The fourth-order valence-electron chi connectivity index (χ4n) is 4.12. The number of carbonyl (C=O) groups excluding carboxylic acids is 1. The first-order chi connectivity index (χ1) is 14.6. The van der Waals surface area contributed by atoms with Gasteiger partial charge in [0.2, 0.25) is 0 Å². The average Bonchev–Trinajstić information content (AvgIpc) is 3.14. The lowest BCUT2D eigenvalue weighted by Crippen LogP contribution is -2.51. The van der Waals surface area contributed by atoms with Gasteiger partial charge >= 0.3 is 12.1 Å². The summed E-state index contributed by atoms with van der Waals surface area (Å²) in [5.74, 6) is -0.901. The van der Waals surface area contributed by atoms with Crippen LogP contribution in [0, 0.1) is 0 Å². The van der Waals surface area contributed by atoms with Gasteiger partial charge in [0.1, 0.15) is 6.04 Å². The summed E-state index contributed by atoms with van der Waals surface area (Å²) in [6.45, 7) is 3.90. The fourth-order valence-corrected chi connectivity index (χ4v) is 4.12. The number of aliphatic carboxylic acids is 1. The van der Waals surface area contributed by atoms with E-state index in [1.807, 2.05) is 59.5 Å². The number of H-pyrrole nitrogens is 1. The number of ether oxygens (including phenoxy) is 1. The van der Waals surface area contributed by atoms with Gasteiger partial charge < -0.3 is 19.7 Å². The van der Waals surface area contributed by atoms with E-state index in [0.29, 0.717) is 32.8 Å². The van der Waals surface area contributed by atoms with Crippen LogP contribution in [0.25, 0.3) is 22.2 Å². The molecule has 0 saturated carbocycles. The molecule has 2 aromatic carbocycles. The molecule has 0 aliphatic carbocycles. The third kappa shape index (κ3) is 3.76. The van der Waals surface area contributed by atoms with Gasteiger partial charge in [-0.2, -0.15) is 0 Å². The van der Waals surface area contributed by atoms with Crippen molar-refractivity contribution in [2.24, 2.45) is 0 Å². The highest BCUT2D eigenvalue weighted by Gasteiger charge is 2.35. The molecule has 0 radical (unpaired) electrons. The molecule has 0 spiro atoms. The predicted molar refractivity (Wildman–Crippen MR) is 114 cm³/mol. The lowest BCUT2D eigenvalue weighted by Gasteiger charge is -2.37. The van der Waals surface area contributed by atoms with Crippen LogP contribution in [0.3, 0.4) is 0 Å². The number of rotatable bonds is 5. The molecule has 7 nitrogen and oxygen atoms in total. The standard InChI is InChI=1S/C23H25N3O4/c1-2-30-23(29)26-14-12-25(13-15-26)21(22(27)28)19-17-10-6-7-11-18(17)24-20(19)16-8-4-3-5-9-16/h3-11,21,24H,2,12-15H2,1H3,(H,27,28)/t21-/m0/s1. The Kier molecular flexibility index (Phi) is 5.72. The maximum Gasteiger partial charge on any atom is 0.409 e. The van der Waals surface area contributed by atoms with Gasteiger partial charge in [0, 0.05) is 42.6 Å². The third-order valence-corrected chi connectivity index (χ3v) is 5.52. The number of aromatic amines is 1. The van der Waals surface area contributed by atoms with Crippen LogP contribution in [-0.4, -0.2) is 64.7 Å². The van der Waals surface area contributed by atoms with E-state index in [9.17, 15) is 14.7 Å². The highest BCUT2D eigenvalue weighted by molar-refractivity contribution is 5.95. The van der Waals surface area contributed by atoms with Crippen molar-refractivity contribution in [1.29, 1.82) is 0 Å². The Bertz CT molecular complexity index is 1040. The van der Waals surface area contributed by atoms with Gasteiger partial charge in [-0.15, -0.1) is 0 Å². The van der Waals surface area contributed by atoms with E-state index in [1.165, 1.54) is 0 Å². The van der Waals surface area contributed by atoms with E-state index in [4.69, 9.17) is 4.74 Å². The number of para-hydroxylation sites is 1. The Labute approximate surface area is 174 Å². The Morgan fingerprint density at radius 3 is 2.37 bits per heavy atom. The van der Waals surface area contributed by atoms with Crippen molar-refractivity contribution in [2.45, 2.75) is 13.0 Å². The van der Waals surface area contributed by atoms with Crippen molar-refractivity contribution in [3.05, 3.63) is 60.2 Å². The number of carboxylic acid groups (broad SMARTS) is 1. The van der Waals surface area contributed by atoms with E-state index in [2.05, 4.69) is 4.98 Å². The summed E-state index contributed by atoms with van der Waals surface area (Å²) >= 11 is 0. The predicted octanol–water partition coefficient (Wildman–Crippen LogP) is 3.73. The minimum atomic E-state index is -0.901. The summed E-state index contributed by atoms with van der Waals surface area (Å²) in [5.41, 5.74) is 3.42. The minimum Gasteiger partial charge on any atom is -0.480 e. The van der Waals surface area contributed by atoms with Crippen LogP contribution in [0.15, 0.2) is 54.6 Å². The Balaban J connectivity index is 1.72. The van der Waals surface area contributed by atoms with Crippen LogP contribution in [0.5, 0.6) is 0 Å². The number of hydrogen-bond donors (Lipinski definition) is 2. The molecule has 1 aliphatic rings. The van der Waals surface area contributed by atoms with Gasteiger partial charge in [-0.25, -0.2) is 4.79 Å². The second-order valence-electron chi connectivity index (χ2n) is 7.29. The molecule has 7 heteroatoms. The summed E-state index contributed by atoms with van der Waals surface area (Å²) in [4.78, 5) is 31.5. The van der Waals surface area contributed by atoms with Gasteiger partial charge in [0.25, 0.3) is 0 Å². The molecule has 0 unspecified atom stereocenters. The number of piperazine rings is 1. The SMILES string of the molecule is CCOC(=O)N1CCN([C@H](C(=O)O)c2c(-c3ccccc3)[nH]c3ccccc23)CC1. The lowest BCUT2D eigenvalue weighted by molar-refractivity contribution is -0.144. The first-order valence-electron chi connectivity index (χ1n) is 10.1. The van der Waals surface area contributed by atoms with Crippen LogP contribution in [-0.2, 0) is 9.53 Å². The van der Waals surface area contributed by atoms with Crippen molar-refractivity contribution in [1.82, 2.24) is 14.8 Å². The fraction of sp³-hybridized carbons (Fsp3) is 0.304. The molecule has 1 fully saturated rings. The van der Waals surface area contributed by atoms with Crippen molar-refractivity contribution in [3.8, 4) is 11.3 Å². The molecule has 1 aliphatic heterocycles. The number of benzene rings is 2. The van der Waals surface area contributed by atoms with Crippen LogP contribution in [0.2, 0.25) is 0 Å². The molecular weight excluding hydrogens is 382 g/mol. The molecule has 1 amide bonds. The summed E-state index contributed by atoms with van der Waals surface area (Å²) in [6.07, 6.45) is -0.346. The van der Waals surface area contributed by atoms with Gasteiger partial charge in [-0.05, 0) is 18.6 Å². The third-order valence-electron chi connectivity index (χ3n) is 5.52. The molecular formula is C23H25N3O4. The van der Waals surface area contributed by atoms with E-state index >= 15 is 0 Å². The lowest BCUT2D eigenvalue weighted by atomic mass is 9.97. The molecule has 1 aromatic heterocycles. The first-order valence-corrected chi connectivity index (χ1v) is 10.1. The zero-order chi connectivity index (χ0) is 21.1. The molecule has 0 bridgehead atoms. The average molecular weight is 407 g/mol. The van der Waals surface area contributed by atoms with Crippen molar-refractivity contribution >= 4 is 23.0 Å². The topological polar surface area (TPSA) is 85.9 Å². The van der Waals surface area contributed by atoms with Gasteiger partial charge in [0.05, 0.1) is 12.3 Å². The monoisotopic (exact) mass is 407 g/mol. The number of fused-ring (bicyclic) bond motifs is 1. The second-order valence-corrected chi connectivity index (χ2v) is 7.29. The largest absolute Gasteiger partial charge is 0.480 e. The Hall–Kier alpha value is -3.32. The number of hydrogen-bond acceptors (Lipinski definition) is 4. The first kappa shape index (κ1) is 20.0. The van der Waals surface area contributed by atoms with Crippen LogP contribution >= 0.6 is 0 Å². The van der Waals surface area contributed by atoms with Gasteiger partial charge in [0.15, 0.2) is 0 Å². The summed E-state index contributed by atoms with van der Waals surface area (Å²) in [7, 11) is 0. The van der Waals surface area contributed by atoms with Crippen molar-refractivity contribution in [3.63, 3.8) is 0 Å². The zero-order valence-corrected chi connectivity index (χ0v) is 16.9. The molecule has 3 aromatic rings. The highest BCUT2D eigenvalue weighted by atomic mass is 16.6. The molecule has 1 saturated heterocycles. The molecule has 156 valence electrons. The minimum absolute atomic E-state index is 0.326. The summed E-state index contributed by atoms with van der Waals surface area (Å²) in [6, 6.07) is 16.7. The van der Waals surface area contributed by atoms with Crippen molar-refractivity contribution < 1.29 is 19.4 Å². The smallest absolute Gasteiger partial charge is 0.409 e. The van der Waals surface area contributed by atoms with Crippen LogP contribution in [0.4, 0.5) is 4.79 Å². The van der Waals surface area contributed by atoms with Gasteiger partial charge in [-0.3, -0.25) is 9.69 Å². The molecule has 1 atom stereocenters. The summed E-state index contributed by atoms with van der Waals surface area (Å²) < 4.78 is 5.08. The number of nitrogens with zero attached hydrogens (tertiary/aromatic N) is 2. The molecule has 30 heavy (non-hydrogen) atoms. The second kappa shape index (κ2) is 8.59. The maximum absolute atomic E-state index is 12.5. The van der Waals surface area contributed by atoms with E-state index < -0.39 is 12.0 Å². The molecule has 2 N–H and O–H groups in total. The quantitative estimate of drug-likeness (QED) is 0.673. The summed E-state index contributed by atoms with van der Waals surface area (Å²) in [5, 5.41) is 11.1. The van der Waals surface area contributed by atoms with Crippen LogP contribution < -0.4 is 0 Å². The molecule has 2 heterocycles. The van der Waals surface area contributed by atoms with Crippen LogP contribution in [0.1, 0.15) is 18.5 Å². The van der Waals surface area contributed by atoms with E-state index in [0.717, 1.165) is 27.7 Å². The van der Waals surface area contributed by atoms with Gasteiger partial charge in [-0.1, -0.05) is 48.5 Å². The molecule has 4 rings (SSSR count).